The Morgan fingerprint density at radius 1 is 1.00 bits per heavy atom. The lowest BCUT2D eigenvalue weighted by Gasteiger charge is -2.38. The van der Waals surface area contributed by atoms with E-state index in [4.69, 9.17) is 9.47 Å². The van der Waals surface area contributed by atoms with Crippen molar-refractivity contribution in [1.29, 1.82) is 0 Å². The van der Waals surface area contributed by atoms with Crippen molar-refractivity contribution < 1.29 is 19.1 Å². The van der Waals surface area contributed by atoms with Crippen LogP contribution in [0.3, 0.4) is 0 Å². The summed E-state index contributed by atoms with van der Waals surface area (Å²) in [5.74, 6) is -0.368. The number of ether oxygens (including phenoxy) is 2. The van der Waals surface area contributed by atoms with E-state index in [2.05, 4.69) is 84.4 Å². The lowest BCUT2D eigenvalue weighted by molar-refractivity contribution is -0.132. The average Bonchev–Trinajstić information content (AvgIpc) is 3.61. The monoisotopic (exact) mass is 672 g/mol. The van der Waals surface area contributed by atoms with Crippen molar-refractivity contribution in [2.45, 2.75) is 71.2 Å². The Labute approximate surface area is 293 Å². The third-order valence-corrected chi connectivity index (χ3v) is 11.0. The highest BCUT2D eigenvalue weighted by molar-refractivity contribution is 6.00. The summed E-state index contributed by atoms with van der Waals surface area (Å²) in [6.45, 7) is 11.7. The summed E-state index contributed by atoms with van der Waals surface area (Å²) >= 11 is 0. The number of aromatic nitrogens is 1. The van der Waals surface area contributed by atoms with Crippen LogP contribution in [0.15, 0.2) is 72.9 Å². The first-order valence-electron chi connectivity index (χ1n) is 17.7. The fourth-order valence-corrected chi connectivity index (χ4v) is 8.38. The van der Waals surface area contributed by atoms with Crippen LogP contribution in [0.25, 0.3) is 0 Å². The maximum atomic E-state index is 14.7. The molecule has 1 saturated heterocycles. The number of hydrogen-bond donors (Lipinski definition) is 1. The van der Waals surface area contributed by atoms with E-state index in [9.17, 15) is 9.59 Å². The van der Waals surface area contributed by atoms with Crippen LogP contribution in [-0.4, -0.2) is 64.8 Å². The molecule has 0 aliphatic carbocycles. The second-order valence-electron chi connectivity index (χ2n) is 13.9. The highest BCUT2D eigenvalue weighted by Gasteiger charge is 2.50. The molecular weight excluding hydrogens is 628 g/mol. The number of carbonyl (C=O) groups is 2. The predicted molar refractivity (Wildman–Crippen MR) is 192 cm³/mol. The van der Waals surface area contributed by atoms with Gasteiger partial charge in [0.05, 0.1) is 23.0 Å². The number of anilines is 2. The van der Waals surface area contributed by atoms with Crippen molar-refractivity contribution >= 4 is 23.4 Å². The molecule has 258 valence electrons. The molecule has 10 nitrogen and oxygen atoms in total. The molecule has 4 aliphatic heterocycles. The summed E-state index contributed by atoms with van der Waals surface area (Å²) < 4.78 is 11.9. The lowest BCUT2D eigenvalue weighted by Crippen LogP contribution is -2.44. The summed E-state index contributed by atoms with van der Waals surface area (Å²) in [7, 11) is 2.01. The van der Waals surface area contributed by atoms with E-state index < -0.39 is 18.1 Å². The lowest BCUT2D eigenvalue weighted by atomic mass is 9.71. The van der Waals surface area contributed by atoms with E-state index in [1.165, 1.54) is 16.0 Å². The van der Waals surface area contributed by atoms with Crippen molar-refractivity contribution in [2.24, 2.45) is 0 Å². The topological polar surface area (TPSA) is 90.5 Å². The molecule has 1 fully saturated rings. The summed E-state index contributed by atoms with van der Waals surface area (Å²) in [5.41, 5.74) is 14.1. The minimum absolute atomic E-state index is 0.0589. The third-order valence-electron chi connectivity index (χ3n) is 11.0. The number of cyclic esters (lactones) is 1. The number of aryl methyl sites for hydroxylation is 1. The zero-order chi connectivity index (χ0) is 34.7. The first-order chi connectivity index (χ1) is 24.3. The third kappa shape index (κ3) is 5.29. The van der Waals surface area contributed by atoms with E-state index in [0.717, 1.165) is 70.1 Å². The molecule has 3 aromatic carbocycles. The van der Waals surface area contributed by atoms with Crippen LogP contribution in [0.4, 0.5) is 16.2 Å². The smallest absolute Gasteiger partial charge is 0.417 e. The fraction of sp³-hybridized carbons (Fsp3) is 0.375. The molecule has 4 aliphatic rings. The normalized spacial score (nSPS) is 22.1. The summed E-state index contributed by atoms with van der Waals surface area (Å²) in [6, 6.07) is 22.5. The second kappa shape index (κ2) is 12.8. The molecule has 0 unspecified atom stereocenters. The van der Waals surface area contributed by atoms with Gasteiger partial charge in [-0.25, -0.2) is 9.69 Å². The van der Waals surface area contributed by atoms with Gasteiger partial charge in [0.25, 0.3) is 0 Å². The van der Waals surface area contributed by atoms with Crippen LogP contribution in [0.2, 0.25) is 0 Å². The van der Waals surface area contributed by atoms with Gasteiger partial charge < -0.3 is 9.47 Å². The zero-order valence-electron chi connectivity index (χ0n) is 29.3. The molecule has 5 heterocycles. The van der Waals surface area contributed by atoms with Crippen molar-refractivity contribution in [3.8, 4) is 5.75 Å². The molecule has 4 atom stereocenters. The number of hydrazine groups is 2. The van der Waals surface area contributed by atoms with Gasteiger partial charge in [-0.3, -0.25) is 25.1 Å². The SMILES string of the molecule is CC[C@@H]1CN(Cc2cc([C@@H](c3ccc4c(c3C)NN(C)N4CC)[C@@H]3C(=O)N4C(=O)OC[C@H]4c4ccccc43)ccc2C)Cc2ncccc2O1. The van der Waals surface area contributed by atoms with E-state index in [1.54, 1.807) is 0 Å². The van der Waals surface area contributed by atoms with Crippen molar-refractivity contribution in [3.63, 3.8) is 0 Å². The summed E-state index contributed by atoms with van der Waals surface area (Å²) in [6.07, 6.45) is 2.21. The van der Waals surface area contributed by atoms with Crippen molar-refractivity contribution in [2.75, 3.05) is 37.2 Å². The van der Waals surface area contributed by atoms with Gasteiger partial charge in [0.1, 0.15) is 24.5 Å². The van der Waals surface area contributed by atoms with Gasteiger partial charge in [-0.1, -0.05) is 55.5 Å². The van der Waals surface area contributed by atoms with Gasteiger partial charge in [0.15, 0.2) is 0 Å². The highest BCUT2D eigenvalue weighted by atomic mass is 16.6. The van der Waals surface area contributed by atoms with Gasteiger partial charge in [-0.15, -0.1) is 5.12 Å². The molecule has 0 spiro atoms. The Morgan fingerprint density at radius 3 is 2.62 bits per heavy atom. The number of pyridine rings is 1. The molecule has 1 N–H and O–H groups in total. The molecular formula is C40H44N6O4. The molecule has 50 heavy (non-hydrogen) atoms. The van der Waals surface area contributed by atoms with E-state index in [-0.39, 0.29) is 24.5 Å². The summed E-state index contributed by atoms with van der Waals surface area (Å²) in [4.78, 5) is 36.3. The number of carbonyl (C=O) groups excluding carboxylic acids is 2. The zero-order valence-corrected chi connectivity index (χ0v) is 29.3. The molecule has 1 aromatic heterocycles. The van der Waals surface area contributed by atoms with Crippen molar-refractivity contribution in [1.82, 2.24) is 19.9 Å². The first kappa shape index (κ1) is 32.3. The number of amides is 2. The number of imide groups is 1. The fourth-order valence-electron chi connectivity index (χ4n) is 8.38. The number of rotatable bonds is 7. The average molecular weight is 673 g/mol. The number of nitrogens with zero attached hydrogens (tertiary/aromatic N) is 5. The standard InChI is InChI=1S/C40H44N6O4/c1-6-28-21-44(22-32-35(50-28)13-10-18-41-32)20-27-19-26(15-14-24(27)3)36(29-16-17-33-38(25(29)4)42-43(5)45(33)7-2)37-31-12-9-8-11-30(31)34-23-49-40(48)46(34)39(37)47/h8-19,28,34,36-37,42H,6-7,20-23H2,1-5H3/t28-,34+,36+,37-/m1/s1. The van der Waals surface area contributed by atoms with Crippen LogP contribution in [0.1, 0.15) is 82.8 Å². The van der Waals surface area contributed by atoms with Crippen LogP contribution in [0, 0.1) is 13.8 Å². The van der Waals surface area contributed by atoms with Gasteiger partial charge in [0, 0.05) is 45.3 Å². The van der Waals surface area contributed by atoms with Crippen molar-refractivity contribution in [3.05, 3.63) is 118 Å². The van der Waals surface area contributed by atoms with Crippen LogP contribution < -0.4 is 15.2 Å². The van der Waals surface area contributed by atoms with Crippen LogP contribution >= 0.6 is 0 Å². The Morgan fingerprint density at radius 2 is 1.82 bits per heavy atom. The van der Waals surface area contributed by atoms with Crippen LogP contribution in [0.5, 0.6) is 5.75 Å². The molecule has 4 aromatic rings. The van der Waals surface area contributed by atoms with Gasteiger partial charge in [0.2, 0.25) is 5.91 Å². The Hall–Kier alpha value is -4.93. The van der Waals surface area contributed by atoms with E-state index in [1.807, 2.05) is 48.7 Å². The highest BCUT2D eigenvalue weighted by Crippen LogP contribution is 2.51. The predicted octanol–water partition coefficient (Wildman–Crippen LogP) is 6.83. The number of hydrogen-bond acceptors (Lipinski definition) is 9. The number of benzene rings is 3. The number of fused-ring (bicyclic) bond motifs is 5. The maximum Gasteiger partial charge on any atom is 0.417 e. The molecule has 0 bridgehead atoms. The minimum Gasteiger partial charge on any atom is -0.487 e. The quantitative estimate of drug-likeness (QED) is 0.227. The number of nitrogens with one attached hydrogen (secondary N) is 1. The molecule has 10 heteroatoms. The Kier molecular flexibility index (Phi) is 8.23. The van der Waals surface area contributed by atoms with Crippen LogP contribution in [-0.2, 0) is 22.6 Å². The van der Waals surface area contributed by atoms with E-state index >= 15 is 0 Å². The van der Waals surface area contributed by atoms with Gasteiger partial charge >= 0.3 is 6.09 Å². The van der Waals surface area contributed by atoms with Gasteiger partial charge in [-0.05, 0) is 84.3 Å². The molecule has 0 saturated carbocycles. The molecule has 8 rings (SSSR count). The minimum atomic E-state index is -0.631. The maximum absolute atomic E-state index is 14.7. The Bertz CT molecular complexity index is 1980. The molecule has 0 radical (unpaired) electrons. The Balaban J connectivity index is 1.26. The largest absolute Gasteiger partial charge is 0.487 e. The molecule has 2 amide bonds. The second-order valence-corrected chi connectivity index (χ2v) is 13.9. The van der Waals surface area contributed by atoms with E-state index in [0.29, 0.717) is 13.1 Å². The van der Waals surface area contributed by atoms with Gasteiger partial charge in [-0.2, -0.15) is 0 Å². The summed E-state index contributed by atoms with van der Waals surface area (Å²) in [5, 5.41) is 4.20. The first-order valence-corrected chi connectivity index (χ1v) is 17.7.